The highest BCUT2D eigenvalue weighted by Crippen LogP contribution is 2.38. The van der Waals surface area contributed by atoms with Gasteiger partial charge in [0.2, 0.25) is 0 Å². The molecule has 2 aliphatic rings. The van der Waals surface area contributed by atoms with E-state index in [0.717, 1.165) is 32.6 Å². The van der Waals surface area contributed by atoms with Crippen LogP contribution in [0.25, 0.3) is 11.1 Å². The van der Waals surface area contributed by atoms with E-state index < -0.39 is 0 Å². The number of ether oxygens (including phenoxy) is 1. The lowest BCUT2D eigenvalue weighted by molar-refractivity contribution is -0.118. The van der Waals surface area contributed by atoms with Crippen LogP contribution in [0.4, 0.5) is 0 Å². The van der Waals surface area contributed by atoms with E-state index >= 15 is 0 Å². The van der Waals surface area contributed by atoms with Crippen LogP contribution in [0, 0.1) is 5.92 Å². The van der Waals surface area contributed by atoms with Crippen molar-refractivity contribution < 1.29 is 9.53 Å². The highest BCUT2D eigenvalue weighted by molar-refractivity contribution is 9.10. The third-order valence-corrected chi connectivity index (χ3v) is 5.06. The molecule has 0 radical (unpaired) electrons. The molecule has 120 valence electrons. The second-order valence-corrected chi connectivity index (χ2v) is 7.21. The number of carbonyl (C=O) groups is 1. The highest BCUT2D eigenvalue weighted by Gasteiger charge is 2.32. The van der Waals surface area contributed by atoms with Crippen LogP contribution >= 0.6 is 27.5 Å². The van der Waals surface area contributed by atoms with Gasteiger partial charge in [-0.2, -0.15) is 0 Å². The van der Waals surface area contributed by atoms with Crippen LogP contribution in [0.1, 0.15) is 16.7 Å². The van der Waals surface area contributed by atoms with E-state index in [2.05, 4.69) is 27.5 Å². The molecule has 1 atom stereocenters. The molecule has 0 amide bonds. The summed E-state index contributed by atoms with van der Waals surface area (Å²) in [6.07, 6.45) is 4.18. The largest absolute Gasteiger partial charge is 0.493 e. The maximum Gasteiger partial charge on any atom is 0.170 e. The average molecular weight is 403 g/mol. The zero-order valence-corrected chi connectivity index (χ0v) is 15.0. The van der Waals surface area contributed by atoms with Crippen molar-refractivity contribution in [3.63, 3.8) is 0 Å². The molecule has 1 aromatic heterocycles. The number of hydrogen-bond donors (Lipinski definition) is 0. The number of Topliss-reactive ketones (excluding diaryl/α,β-unsaturated/α-hetero) is 1. The van der Waals surface area contributed by atoms with E-state index in [4.69, 9.17) is 16.3 Å². The molecule has 4 rings (SSSR count). The Morgan fingerprint density at radius 1 is 1.33 bits per heavy atom. The van der Waals surface area contributed by atoms with Gasteiger partial charge in [0.05, 0.1) is 12.5 Å². The van der Waals surface area contributed by atoms with Crippen LogP contribution in [0.3, 0.4) is 0 Å². The number of carbonyl (C=O) groups excluding carboxylic acids is 1. The van der Waals surface area contributed by atoms with E-state index in [1.54, 1.807) is 12.3 Å². The second kappa shape index (κ2) is 5.87. The Hall–Kier alpha value is -1.91. The number of hydrogen-bond acceptors (Lipinski definition) is 3. The van der Waals surface area contributed by atoms with Gasteiger partial charge in [0, 0.05) is 22.4 Å². The van der Waals surface area contributed by atoms with Crippen LogP contribution in [0.15, 0.2) is 47.7 Å². The first kappa shape index (κ1) is 15.6. The lowest BCUT2D eigenvalue weighted by Crippen LogP contribution is -2.28. The van der Waals surface area contributed by atoms with Gasteiger partial charge in [0.25, 0.3) is 0 Å². The van der Waals surface area contributed by atoms with E-state index in [9.17, 15) is 4.79 Å². The number of aromatic nitrogens is 1. The highest BCUT2D eigenvalue weighted by atomic mass is 79.9. The summed E-state index contributed by atoms with van der Waals surface area (Å²) in [4.78, 5) is 17.3. The molecule has 3 nitrogen and oxygen atoms in total. The minimum Gasteiger partial charge on any atom is -0.493 e. The van der Waals surface area contributed by atoms with Gasteiger partial charge in [0.15, 0.2) is 5.78 Å². The molecular weight excluding hydrogens is 390 g/mol. The minimum atomic E-state index is -0.232. The van der Waals surface area contributed by atoms with Crippen LogP contribution in [-0.4, -0.2) is 17.4 Å². The van der Waals surface area contributed by atoms with Gasteiger partial charge in [-0.3, -0.25) is 4.79 Å². The lowest BCUT2D eigenvalue weighted by Gasteiger charge is -2.25. The number of fused-ring (bicyclic) bond motifs is 2. The van der Waals surface area contributed by atoms with Gasteiger partial charge in [-0.05, 0) is 69.4 Å². The van der Waals surface area contributed by atoms with Crippen molar-refractivity contribution in [2.24, 2.45) is 5.92 Å². The summed E-state index contributed by atoms with van der Waals surface area (Å²) in [5.41, 5.74) is 4.25. The van der Waals surface area contributed by atoms with Crippen molar-refractivity contribution in [2.45, 2.75) is 6.42 Å². The van der Waals surface area contributed by atoms with Gasteiger partial charge in [-0.1, -0.05) is 18.2 Å². The Morgan fingerprint density at radius 2 is 2.17 bits per heavy atom. The number of benzene rings is 1. The molecule has 5 heteroatoms. The number of ketones is 1. The molecular formula is C19H13BrClNO2. The maximum absolute atomic E-state index is 13.0. The smallest absolute Gasteiger partial charge is 0.170 e. The Balaban J connectivity index is 1.64. The van der Waals surface area contributed by atoms with Crippen molar-refractivity contribution in [3.05, 3.63) is 69.4 Å². The molecule has 0 spiro atoms. The second-order valence-electron chi connectivity index (χ2n) is 5.96. The van der Waals surface area contributed by atoms with Crippen molar-refractivity contribution >= 4 is 44.5 Å². The molecule has 0 fully saturated rings. The van der Waals surface area contributed by atoms with Gasteiger partial charge >= 0.3 is 0 Å². The van der Waals surface area contributed by atoms with Gasteiger partial charge < -0.3 is 4.74 Å². The Morgan fingerprint density at radius 3 is 3.00 bits per heavy atom. The summed E-state index contributed by atoms with van der Waals surface area (Å²) in [7, 11) is 0. The van der Waals surface area contributed by atoms with E-state index in [1.165, 1.54) is 0 Å². The summed E-state index contributed by atoms with van der Waals surface area (Å²) in [6.45, 7) is 4.41. The summed E-state index contributed by atoms with van der Waals surface area (Å²) in [5, 5.41) is 0.651. The number of halogens is 2. The van der Waals surface area contributed by atoms with Gasteiger partial charge in [-0.15, -0.1) is 0 Å². The number of allylic oxidation sites excluding steroid dienone is 3. The molecule has 0 bridgehead atoms. The first-order valence-electron chi connectivity index (χ1n) is 7.55. The molecule has 1 aromatic carbocycles. The first-order valence-corrected chi connectivity index (χ1v) is 8.72. The van der Waals surface area contributed by atoms with E-state index in [0.29, 0.717) is 23.6 Å². The number of nitrogens with zero attached hydrogens (tertiary/aromatic N) is 1. The molecule has 1 aliphatic carbocycles. The molecule has 1 unspecified atom stereocenters. The summed E-state index contributed by atoms with van der Waals surface area (Å²) in [6, 6.07) is 7.41. The third-order valence-electron chi connectivity index (χ3n) is 4.39. The van der Waals surface area contributed by atoms with E-state index in [-0.39, 0.29) is 11.7 Å². The fraction of sp³-hybridized carbons (Fsp3) is 0.158. The quantitative estimate of drug-likeness (QED) is 0.682. The fourth-order valence-electron chi connectivity index (χ4n) is 3.20. The van der Waals surface area contributed by atoms with Crippen LogP contribution in [0.2, 0.25) is 5.02 Å². The van der Waals surface area contributed by atoms with Crippen molar-refractivity contribution in [3.8, 4) is 5.75 Å². The Bertz CT molecular complexity index is 920. The standard InChI is InChI=1S/C19H13BrClNO2/c1-10-4-15(16-8-22-18(20)7-14(10)16)19(23)12-5-11-6-13(21)2-3-17(11)24-9-12/h2-4,6-8,12H,1,5,9H2. The predicted octanol–water partition coefficient (Wildman–Crippen LogP) is 4.73. The predicted molar refractivity (Wildman–Crippen MR) is 98.1 cm³/mol. The van der Waals surface area contributed by atoms with Crippen LogP contribution in [0.5, 0.6) is 5.75 Å². The molecule has 0 N–H and O–H groups in total. The summed E-state index contributed by atoms with van der Waals surface area (Å²) < 4.78 is 6.48. The first-order chi connectivity index (χ1) is 11.5. The number of rotatable bonds is 2. The van der Waals surface area contributed by atoms with Crippen LogP contribution < -0.4 is 4.74 Å². The topological polar surface area (TPSA) is 39.2 Å². The maximum atomic E-state index is 13.0. The molecule has 24 heavy (non-hydrogen) atoms. The van der Waals surface area contributed by atoms with E-state index in [1.807, 2.05) is 24.3 Å². The lowest BCUT2D eigenvalue weighted by atomic mass is 9.88. The normalized spacial score (nSPS) is 18.5. The fourth-order valence-corrected chi connectivity index (χ4v) is 3.72. The molecule has 2 heterocycles. The minimum absolute atomic E-state index is 0.0599. The molecule has 1 aliphatic heterocycles. The van der Waals surface area contributed by atoms with Gasteiger partial charge in [0.1, 0.15) is 10.4 Å². The van der Waals surface area contributed by atoms with Gasteiger partial charge in [-0.25, -0.2) is 4.98 Å². The molecule has 0 saturated heterocycles. The zero-order valence-electron chi connectivity index (χ0n) is 12.7. The molecule has 2 aromatic rings. The Labute approximate surface area is 153 Å². The number of pyridine rings is 1. The monoisotopic (exact) mass is 401 g/mol. The van der Waals surface area contributed by atoms with Crippen molar-refractivity contribution in [1.29, 1.82) is 0 Å². The van der Waals surface area contributed by atoms with Crippen LogP contribution in [-0.2, 0) is 11.2 Å². The summed E-state index contributed by atoms with van der Waals surface area (Å²) >= 11 is 9.41. The zero-order chi connectivity index (χ0) is 16.8. The van der Waals surface area contributed by atoms with Crippen molar-refractivity contribution in [1.82, 2.24) is 4.98 Å². The Kier molecular flexibility index (Phi) is 3.82. The average Bonchev–Trinajstić information content (AvgIpc) is 2.90. The third kappa shape index (κ3) is 2.60. The summed E-state index contributed by atoms with van der Waals surface area (Å²) in [5.74, 6) is 0.633. The molecule has 0 saturated carbocycles. The SMILES string of the molecule is C=C1C=C(C(=O)C2COc3ccc(Cl)cc3C2)c2cnc(Br)cc21. The van der Waals surface area contributed by atoms with Crippen molar-refractivity contribution in [2.75, 3.05) is 6.61 Å².